The van der Waals surface area contributed by atoms with Crippen molar-refractivity contribution in [3.63, 3.8) is 0 Å². The standard InChI is InChI=1S/C24H21F2NO2/c25-17-12-19-21(14-24(9-4-10-24)29-23(19)20(26)13-17)27-22(28)11-16-7-3-6-15-5-1-2-8-18(15)16/h1-3,5-8,12-13,21H,4,9-11,14H2,(H,27,28)/t21-/m1/s1. The van der Waals surface area contributed by atoms with Crippen molar-refractivity contribution in [3.8, 4) is 5.75 Å². The van der Waals surface area contributed by atoms with Gasteiger partial charge in [0.25, 0.3) is 0 Å². The molecule has 3 aromatic rings. The zero-order chi connectivity index (χ0) is 20.0. The number of hydrogen-bond donors (Lipinski definition) is 1. The molecule has 148 valence electrons. The summed E-state index contributed by atoms with van der Waals surface area (Å²) in [6.07, 6.45) is 3.38. The smallest absolute Gasteiger partial charge is 0.224 e. The zero-order valence-corrected chi connectivity index (χ0v) is 15.9. The highest BCUT2D eigenvalue weighted by molar-refractivity contribution is 5.90. The van der Waals surface area contributed by atoms with Gasteiger partial charge in [0.15, 0.2) is 11.6 Å². The predicted octanol–water partition coefficient (Wildman–Crippen LogP) is 5.22. The quantitative estimate of drug-likeness (QED) is 0.662. The molecular weight excluding hydrogens is 372 g/mol. The normalized spacial score (nSPS) is 19.3. The van der Waals surface area contributed by atoms with Crippen LogP contribution in [0, 0.1) is 11.6 Å². The Morgan fingerprint density at radius 1 is 1.10 bits per heavy atom. The number of ether oxygens (including phenoxy) is 1. The molecule has 1 saturated carbocycles. The Balaban J connectivity index is 1.43. The fourth-order valence-electron chi connectivity index (χ4n) is 4.56. The molecular formula is C24H21F2NO2. The lowest BCUT2D eigenvalue weighted by Gasteiger charge is -2.48. The van der Waals surface area contributed by atoms with Crippen LogP contribution in [-0.2, 0) is 11.2 Å². The molecule has 1 fully saturated rings. The van der Waals surface area contributed by atoms with E-state index in [2.05, 4.69) is 5.32 Å². The molecule has 2 aliphatic rings. The van der Waals surface area contributed by atoms with Crippen molar-refractivity contribution < 1.29 is 18.3 Å². The molecule has 1 spiro atoms. The van der Waals surface area contributed by atoms with E-state index in [0.29, 0.717) is 12.0 Å². The highest BCUT2D eigenvalue weighted by Crippen LogP contribution is 2.49. The van der Waals surface area contributed by atoms with Gasteiger partial charge in [-0.15, -0.1) is 0 Å². The third-order valence-electron chi connectivity index (χ3n) is 6.14. The van der Waals surface area contributed by atoms with Crippen LogP contribution in [0.5, 0.6) is 5.75 Å². The van der Waals surface area contributed by atoms with Gasteiger partial charge in [-0.1, -0.05) is 42.5 Å². The molecule has 0 saturated heterocycles. The van der Waals surface area contributed by atoms with Gasteiger partial charge in [0, 0.05) is 18.1 Å². The van der Waals surface area contributed by atoms with E-state index >= 15 is 0 Å². The second-order valence-electron chi connectivity index (χ2n) is 8.08. The summed E-state index contributed by atoms with van der Waals surface area (Å²) in [6.45, 7) is 0. The van der Waals surface area contributed by atoms with Crippen LogP contribution in [0.2, 0.25) is 0 Å². The molecule has 0 unspecified atom stereocenters. The van der Waals surface area contributed by atoms with Gasteiger partial charge in [-0.05, 0) is 41.7 Å². The van der Waals surface area contributed by atoms with E-state index in [0.717, 1.165) is 41.7 Å². The van der Waals surface area contributed by atoms with Crippen molar-refractivity contribution >= 4 is 16.7 Å². The predicted molar refractivity (Wildman–Crippen MR) is 107 cm³/mol. The average Bonchev–Trinajstić information content (AvgIpc) is 2.67. The van der Waals surface area contributed by atoms with E-state index in [1.54, 1.807) is 0 Å². The van der Waals surface area contributed by atoms with Crippen LogP contribution < -0.4 is 10.1 Å². The van der Waals surface area contributed by atoms with Gasteiger partial charge in [0.2, 0.25) is 5.91 Å². The first-order chi connectivity index (χ1) is 14.0. The summed E-state index contributed by atoms with van der Waals surface area (Å²) in [6, 6.07) is 15.4. The van der Waals surface area contributed by atoms with Crippen LogP contribution in [0.25, 0.3) is 10.8 Å². The van der Waals surface area contributed by atoms with Crippen LogP contribution >= 0.6 is 0 Å². The number of halogens is 2. The second-order valence-corrected chi connectivity index (χ2v) is 8.08. The van der Waals surface area contributed by atoms with E-state index in [4.69, 9.17) is 4.74 Å². The molecule has 5 rings (SSSR count). The van der Waals surface area contributed by atoms with Gasteiger partial charge < -0.3 is 10.1 Å². The second kappa shape index (κ2) is 6.83. The van der Waals surface area contributed by atoms with Gasteiger partial charge in [-0.3, -0.25) is 4.79 Å². The molecule has 0 aromatic heterocycles. The maximum Gasteiger partial charge on any atom is 0.224 e. The number of rotatable bonds is 3. The van der Waals surface area contributed by atoms with Crippen LogP contribution in [-0.4, -0.2) is 11.5 Å². The maximum atomic E-state index is 14.4. The summed E-state index contributed by atoms with van der Waals surface area (Å²) < 4.78 is 34.2. The minimum Gasteiger partial charge on any atom is -0.484 e. The summed E-state index contributed by atoms with van der Waals surface area (Å²) in [5.74, 6) is -1.46. The molecule has 29 heavy (non-hydrogen) atoms. The number of benzene rings is 3. The minimum atomic E-state index is -0.709. The van der Waals surface area contributed by atoms with E-state index in [1.165, 1.54) is 6.07 Å². The number of amides is 1. The zero-order valence-electron chi connectivity index (χ0n) is 15.9. The Labute approximate surface area is 167 Å². The molecule has 1 N–H and O–H groups in total. The molecule has 1 heterocycles. The summed E-state index contributed by atoms with van der Waals surface area (Å²) in [7, 11) is 0. The average molecular weight is 393 g/mol. The van der Waals surface area contributed by atoms with E-state index in [9.17, 15) is 13.6 Å². The third kappa shape index (κ3) is 3.24. The number of hydrogen-bond acceptors (Lipinski definition) is 2. The Morgan fingerprint density at radius 3 is 2.69 bits per heavy atom. The third-order valence-corrected chi connectivity index (χ3v) is 6.14. The van der Waals surface area contributed by atoms with Crippen molar-refractivity contribution in [2.45, 2.75) is 43.7 Å². The van der Waals surface area contributed by atoms with Crippen molar-refractivity contribution in [1.29, 1.82) is 0 Å². The van der Waals surface area contributed by atoms with Crippen molar-refractivity contribution in [2.75, 3.05) is 0 Å². The Hall–Kier alpha value is -2.95. The van der Waals surface area contributed by atoms with Crippen LogP contribution in [0.15, 0.2) is 54.6 Å². The summed E-state index contributed by atoms with van der Waals surface area (Å²) in [4.78, 5) is 12.9. The number of carbonyl (C=O) groups is 1. The monoisotopic (exact) mass is 393 g/mol. The van der Waals surface area contributed by atoms with E-state index in [1.807, 2.05) is 42.5 Å². The molecule has 1 amide bonds. The molecule has 1 atom stereocenters. The first-order valence-corrected chi connectivity index (χ1v) is 9.97. The van der Waals surface area contributed by atoms with E-state index < -0.39 is 23.3 Å². The number of nitrogens with one attached hydrogen (secondary N) is 1. The van der Waals surface area contributed by atoms with Gasteiger partial charge in [0.05, 0.1) is 12.5 Å². The minimum absolute atomic E-state index is 0.0767. The highest BCUT2D eigenvalue weighted by atomic mass is 19.1. The lowest BCUT2D eigenvalue weighted by molar-refractivity contribution is -0.122. The molecule has 0 radical (unpaired) electrons. The molecule has 1 aliphatic heterocycles. The van der Waals surface area contributed by atoms with Gasteiger partial charge >= 0.3 is 0 Å². The number of carbonyl (C=O) groups excluding carboxylic acids is 1. The molecule has 5 heteroatoms. The lowest BCUT2D eigenvalue weighted by atomic mass is 9.73. The fourth-order valence-corrected chi connectivity index (χ4v) is 4.56. The first-order valence-electron chi connectivity index (χ1n) is 9.97. The topological polar surface area (TPSA) is 38.3 Å². The summed E-state index contributed by atoms with van der Waals surface area (Å²) >= 11 is 0. The number of fused-ring (bicyclic) bond motifs is 2. The maximum absolute atomic E-state index is 14.4. The van der Waals surface area contributed by atoms with Gasteiger partial charge in [-0.25, -0.2) is 8.78 Å². The highest BCUT2D eigenvalue weighted by Gasteiger charge is 2.47. The molecule has 3 aromatic carbocycles. The van der Waals surface area contributed by atoms with Crippen LogP contribution in [0.4, 0.5) is 8.78 Å². The van der Waals surface area contributed by atoms with Crippen molar-refractivity contribution in [3.05, 3.63) is 77.4 Å². The first kappa shape index (κ1) is 18.1. The summed E-state index contributed by atoms with van der Waals surface area (Å²) in [5.41, 5.74) is 0.853. The van der Waals surface area contributed by atoms with Gasteiger partial charge in [-0.2, -0.15) is 0 Å². The fraction of sp³-hybridized carbons (Fsp3) is 0.292. The van der Waals surface area contributed by atoms with Crippen LogP contribution in [0.1, 0.15) is 42.9 Å². The van der Waals surface area contributed by atoms with Gasteiger partial charge in [0.1, 0.15) is 11.4 Å². The Morgan fingerprint density at radius 2 is 1.90 bits per heavy atom. The largest absolute Gasteiger partial charge is 0.484 e. The molecule has 0 bridgehead atoms. The summed E-state index contributed by atoms with van der Waals surface area (Å²) in [5, 5.41) is 5.12. The van der Waals surface area contributed by atoms with Crippen molar-refractivity contribution in [2.24, 2.45) is 0 Å². The Kier molecular flexibility index (Phi) is 4.26. The van der Waals surface area contributed by atoms with Crippen LogP contribution in [0.3, 0.4) is 0 Å². The lowest BCUT2D eigenvalue weighted by Crippen LogP contribution is -2.50. The SMILES string of the molecule is O=C(Cc1cccc2ccccc12)N[C@@H]1CC2(CCC2)Oc2c(F)cc(F)cc21. The van der Waals surface area contributed by atoms with E-state index in [-0.39, 0.29) is 18.1 Å². The Bertz CT molecular complexity index is 1100. The van der Waals surface area contributed by atoms with Crippen molar-refractivity contribution in [1.82, 2.24) is 5.32 Å². The molecule has 1 aliphatic carbocycles. The molecule has 3 nitrogen and oxygen atoms in total.